The number of aryl methyl sites for hydroxylation is 1. The number of fused-ring (bicyclic) bond motifs is 1. The number of benzene rings is 1. The van der Waals surface area contributed by atoms with E-state index in [1.807, 2.05) is 11.8 Å². The van der Waals surface area contributed by atoms with Crippen molar-refractivity contribution in [2.24, 2.45) is 0 Å². The molecule has 1 aromatic rings. The fourth-order valence-electron chi connectivity index (χ4n) is 3.81. The van der Waals surface area contributed by atoms with Crippen molar-refractivity contribution < 1.29 is 9.59 Å². The van der Waals surface area contributed by atoms with Gasteiger partial charge in [-0.2, -0.15) is 0 Å². The van der Waals surface area contributed by atoms with Crippen LogP contribution in [0.25, 0.3) is 0 Å². The van der Waals surface area contributed by atoms with Gasteiger partial charge in [0, 0.05) is 39.1 Å². The van der Waals surface area contributed by atoms with Crippen molar-refractivity contribution in [3.63, 3.8) is 0 Å². The second kappa shape index (κ2) is 7.79. The van der Waals surface area contributed by atoms with Gasteiger partial charge in [-0.05, 0) is 36.8 Å². The Morgan fingerprint density at radius 2 is 1.92 bits per heavy atom. The first-order valence-corrected chi connectivity index (χ1v) is 9.02. The number of carbonyl (C=O) groups is 2. The minimum atomic E-state index is 0.0693. The summed E-state index contributed by atoms with van der Waals surface area (Å²) < 4.78 is 0. The number of amides is 2. The molecule has 2 amide bonds. The molecule has 0 aromatic heterocycles. The Morgan fingerprint density at radius 3 is 2.67 bits per heavy atom. The number of nitrogens with one attached hydrogen (secondary N) is 1. The first-order chi connectivity index (χ1) is 11.7. The monoisotopic (exact) mass is 329 g/mol. The molecule has 2 aliphatic rings. The van der Waals surface area contributed by atoms with E-state index in [4.69, 9.17) is 0 Å². The summed E-state index contributed by atoms with van der Waals surface area (Å²) in [6.07, 6.45) is 2.80. The molecule has 1 aliphatic carbocycles. The number of nitrogens with zero attached hydrogens (tertiary/aromatic N) is 2. The highest BCUT2D eigenvalue weighted by atomic mass is 16.2. The van der Waals surface area contributed by atoms with Gasteiger partial charge in [-0.3, -0.25) is 14.5 Å². The second-order valence-electron chi connectivity index (χ2n) is 6.75. The van der Waals surface area contributed by atoms with Gasteiger partial charge < -0.3 is 10.2 Å². The predicted molar refractivity (Wildman–Crippen MR) is 93.8 cm³/mol. The summed E-state index contributed by atoms with van der Waals surface area (Å²) in [5.41, 5.74) is 2.77. The van der Waals surface area contributed by atoms with E-state index < -0.39 is 0 Å². The molecule has 1 atom stereocenters. The van der Waals surface area contributed by atoms with Gasteiger partial charge in [-0.1, -0.05) is 24.3 Å². The van der Waals surface area contributed by atoms with Gasteiger partial charge in [0.05, 0.1) is 6.54 Å². The van der Waals surface area contributed by atoms with Crippen molar-refractivity contribution in [1.82, 2.24) is 15.1 Å². The minimum absolute atomic E-state index is 0.0693. The van der Waals surface area contributed by atoms with Gasteiger partial charge in [-0.15, -0.1) is 0 Å². The Hall–Kier alpha value is -1.88. The van der Waals surface area contributed by atoms with Crippen LogP contribution in [-0.4, -0.2) is 60.9 Å². The smallest absolute Gasteiger partial charge is 0.234 e. The van der Waals surface area contributed by atoms with E-state index in [0.29, 0.717) is 25.4 Å². The highest BCUT2D eigenvalue weighted by Crippen LogP contribution is 2.35. The highest BCUT2D eigenvalue weighted by Gasteiger charge is 2.28. The zero-order valence-electron chi connectivity index (χ0n) is 14.5. The van der Waals surface area contributed by atoms with Crippen LogP contribution in [0.1, 0.15) is 36.8 Å². The lowest BCUT2D eigenvalue weighted by Crippen LogP contribution is -2.51. The third kappa shape index (κ3) is 3.96. The Bertz CT molecular complexity index is 594. The zero-order valence-corrected chi connectivity index (χ0v) is 14.5. The first-order valence-electron chi connectivity index (χ1n) is 9.02. The Kier molecular flexibility index (Phi) is 5.51. The zero-order chi connectivity index (χ0) is 16.9. The van der Waals surface area contributed by atoms with Crippen molar-refractivity contribution in [2.45, 2.75) is 32.1 Å². The molecule has 0 unspecified atom stereocenters. The molecule has 1 saturated heterocycles. The molecule has 5 heteroatoms. The molecule has 0 bridgehead atoms. The van der Waals surface area contributed by atoms with Gasteiger partial charge in [0.2, 0.25) is 11.8 Å². The molecule has 1 aliphatic heterocycles. The molecule has 0 saturated carbocycles. The molecule has 0 radical (unpaired) electrons. The molecule has 1 heterocycles. The fraction of sp³-hybridized carbons (Fsp3) is 0.579. The number of rotatable bonds is 5. The topological polar surface area (TPSA) is 52.7 Å². The normalized spacial score (nSPS) is 20.7. The minimum Gasteiger partial charge on any atom is -0.355 e. The molecule has 1 fully saturated rings. The van der Waals surface area contributed by atoms with Crippen molar-refractivity contribution in [1.29, 1.82) is 0 Å². The summed E-state index contributed by atoms with van der Waals surface area (Å²) in [6, 6.07) is 8.50. The average molecular weight is 329 g/mol. The molecule has 130 valence electrons. The quantitative estimate of drug-likeness (QED) is 0.888. The maximum atomic E-state index is 12.6. The molecule has 0 spiro atoms. The standard InChI is InChI=1S/C19H27N3O2/c1-2-20-18(23)14-21-9-11-22(12-10-21)19(24)13-16-8-7-15-5-3-4-6-17(15)16/h3-6,16H,2,7-14H2,1H3,(H,20,23)/t16-/m0/s1. The number of hydrogen-bond donors (Lipinski definition) is 1. The van der Waals surface area contributed by atoms with Gasteiger partial charge in [0.15, 0.2) is 0 Å². The summed E-state index contributed by atoms with van der Waals surface area (Å²) in [6.45, 7) is 6.05. The van der Waals surface area contributed by atoms with Gasteiger partial charge >= 0.3 is 0 Å². The maximum Gasteiger partial charge on any atom is 0.234 e. The van der Waals surface area contributed by atoms with Crippen LogP contribution in [0.3, 0.4) is 0 Å². The van der Waals surface area contributed by atoms with E-state index in [1.54, 1.807) is 0 Å². The van der Waals surface area contributed by atoms with E-state index in [1.165, 1.54) is 11.1 Å². The van der Waals surface area contributed by atoms with Crippen LogP contribution >= 0.6 is 0 Å². The number of piperazine rings is 1. The van der Waals surface area contributed by atoms with E-state index >= 15 is 0 Å². The Morgan fingerprint density at radius 1 is 1.17 bits per heavy atom. The molecule has 5 nitrogen and oxygen atoms in total. The van der Waals surface area contributed by atoms with E-state index in [2.05, 4.69) is 34.5 Å². The van der Waals surface area contributed by atoms with E-state index in [-0.39, 0.29) is 11.8 Å². The van der Waals surface area contributed by atoms with Gasteiger partial charge in [-0.25, -0.2) is 0 Å². The van der Waals surface area contributed by atoms with Crippen molar-refractivity contribution >= 4 is 11.8 Å². The summed E-state index contributed by atoms with van der Waals surface area (Å²) >= 11 is 0. The van der Waals surface area contributed by atoms with Crippen LogP contribution in [0, 0.1) is 0 Å². The van der Waals surface area contributed by atoms with Crippen LogP contribution in [0.5, 0.6) is 0 Å². The van der Waals surface area contributed by atoms with Crippen LogP contribution < -0.4 is 5.32 Å². The molecule has 3 rings (SSSR count). The van der Waals surface area contributed by atoms with Crippen LogP contribution in [0.15, 0.2) is 24.3 Å². The molecular formula is C19H27N3O2. The maximum absolute atomic E-state index is 12.6. The summed E-state index contributed by atoms with van der Waals surface area (Å²) in [4.78, 5) is 28.4. The lowest BCUT2D eigenvalue weighted by Gasteiger charge is -2.34. The number of carbonyl (C=O) groups excluding carboxylic acids is 2. The fourth-order valence-corrected chi connectivity index (χ4v) is 3.81. The Balaban J connectivity index is 1.47. The summed E-state index contributed by atoms with van der Waals surface area (Å²) in [5, 5.41) is 2.82. The summed E-state index contributed by atoms with van der Waals surface area (Å²) in [5.74, 6) is 0.705. The molecule has 1 aromatic carbocycles. The van der Waals surface area contributed by atoms with Crippen LogP contribution in [0.2, 0.25) is 0 Å². The molecule has 24 heavy (non-hydrogen) atoms. The van der Waals surface area contributed by atoms with Crippen molar-refractivity contribution in [3.8, 4) is 0 Å². The second-order valence-corrected chi connectivity index (χ2v) is 6.75. The number of hydrogen-bond acceptors (Lipinski definition) is 3. The van der Waals surface area contributed by atoms with Gasteiger partial charge in [0.25, 0.3) is 0 Å². The average Bonchev–Trinajstić information content (AvgIpc) is 2.99. The SMILES string of the molecule is CCNC(=O)CN1CCN(C(=O)C[C@@H]2CCc3ccccc32)CC1. The number of likely N-dealkylation sites (N-methyl/N-ethyl adjacent to an activating group) is 1. The molecule has 1 N–H and O–H groups in total. The predicted octanol–water partition coefficient (Wildman–Crippen LogP) is 1.39. The lowest BCUT2D eigenvalue weighted by molar-refractivity contribution is -0.133. The molecular weight excluding hydrogens is 302 g/mol. The van der Waals surface area contributed by atoms with E-state index in [0.717, 1.165) is 39.0 Å². The van der Waals surface area contributed by atoms with Gasteiger partial charge in [0.1, 0.15) is 0 Å². The Labute approximate surface area is 144 Å². The van der Waals surface area contributed by atoms with Crippen molar-refractivity contribution in [3.05, 3.63) is 35.4 Å². The highest BCUT2D eigenvalue weighted by molar-refractivity contribution is 5.78. The van der Waals surface area contributed by atoms with Crippen LogP contribution in [0.4, 0.5) is 0 Å². The van der Waals surface area contributed by atoms with E-state index in [9.17, 15) is 9.59 Å². The first kappa shape index (κ1) is 17.0. The third-order valence-corrected chi connectivity index (χ3v) is 5.14. The van der Waals surface area contributed by atoms with Crippen molar-refractivity contribution in [2.75, 3.05) is 39.3 Å². The van der Waals surface area contributed by atoms with Crippen LogP contribution in [-0.2, 0) is 16.0 Å². The lowest BCUT2D eigenvalue weighted by atomic mass is 9.97. The summed E-state index contributed by atoms with van der Waals surface area (Å²) in [7, 11) is 0. The largest absolute Gasteiger partial charge is 0.355 e. The third-order valence-electron chi connectivity index (χ3n) is 5.14.